The summed E-state index contributed by atoms with van der Waals surface area (Å²) in [5, 5.41) is 3.94. The van der Waals surface area contributed by atoms with Crippen molar-refractivity contribution in [1.29, 1.82) is 0 Å². The molecule has 3 aromatic rings. The topological polar surface area (TPSA) is 88.1 Å². The smallest absolute Gasteiger partial charge is 0.264 e. The van der Waals surface area contributed by atoms with Crippen molar-refractivity contribution < 1.29 is 17.9 Å². The maximum atomic E-state index is 13.3. The van der Waals surface area contributed by atoms with Crippen molar-refractivity contribution in [2.24, 2.45) is 5.10 Å². The van der Waals surface area contributed by atoms with Crippen LogP contribution in [0.15, 0.2) is 88.9 Å². The molecule has 0 saturated heterocycles. The van der Waals surface area contributed by atoms with Gasteiger partial charge >= 0.3 is 0 Å². The molecule has 1 N–H and O–H groups in total. The Hall–Kier alpha value is -3.65. The second-order valence-electron chi connectivity index (χ2n) is 6.96. The van der Waals surface area contributed by atoms with Crippen molar-refractivity contribution in [2.45, 2.75) is 18.7 Å². The molecule has 0 bridgehead atoms. The molecule has 7 nitrogen and oxygen atoms in total. The summed E-state index contributed by atoms with van der Waals surface area (Å²) in [6.07, 6.45) is 1.51. The summed E-state index contributed by atoms with van der Waals surface area (Å²) in [7, 11) is -4.00. The van der Waals surface area contributed by atoms with E-state index in [-0.39, 0.29) is 4.90 Å². The first-order valence-corrected chi connectivity index (χ1v) is 11.5. The third kappa shape index (κ3) is 5.95. The van der Waals surface area contributed by atoms with E-state index in [9.17, 15) is 13.2 Å². The monoisotopic (exact) mass is 451 g/mol. The van der Waals surface area contributed by atoms with Crippen LogP contribution in [0.3, 0.4) is 0 Å². The highest BCUT2D eigenvalue weighted by molar-refractivity contribution is 7.92. The van der Waals surface area contributed by atoms with Crippen molar-refractivity contribution in [3.8, 4) is 5.75 Å². The number of nitrogens with zero attached hydrogens (tertiary/aromatic N) is 2. The second kappa shape index (κ2) is 10.6. The Morgan fingerprint density at radius 3 is 2.28 bits per heavy atom. The second-order valence-corrected chi connectivity index (χ2v) is 8.82. The number of sulfonamides is 1. The standard InChI is InChI=1S/C24H25N3O4S/c1-3-31-22-13-15-23(16-14-22)32(29,30)27(21-7-5-4-6-8-21)18-24(28)26-25-17-20-11-9-19(2)10-12-20/h4-17H,3,18H2,1-2H3,(H,26,28)/b25-17-. The molecule has 0 unspecified atom stereocenters. The predicted molar refractivity (Wildman–Crippen MR) is 126 cm³/mol. The van der Waals surface area contributed by atoms with E-state index in [2.05, 4.69) is 10.5 Å². The van der Waals surface area contributed by atoms with Crippen molar-refractivity contribution in [2.75, 3.05) is 17.5 Å². The van der Waals surface area contributed by atoms with E-state index in [0.717, 1.165) is 15.4 Å². The number of rotatable bonds is 9. The number of hydrazone groups is 1. The number of para-hydroxylation sites is 1. The zero-order valence-electron chi connectivity index (χ0n) is 17.9. The number of carbonyl (C=O) groups is 1. The highest BCUT2D eigenvalue weighted by atomic mass is 32.2. The minimum absolute atomic E-state index is 0.0563. The average molecular weight is 452 g/mol. The van der Waals surface area contributed by atoms with E-state index in [4.69, 9.17) is 4.74 Å². The van der Waals surface area contributed by atoms with Crippen LogP contribution in [0, 0.1) is 6.92 Å². The molecule has 0 aliphatic heterocycles. The highest BCUT2D eigenvalue weighted by Gasteiger charge is 2.27. The van der Waals surface area contributed by atoms with Gasteiger partial charge in [0, 0.05) is 0 Å². The molecule has 0 spiro atoms. The Labute approximate surface area is 188 Å². The summed E-state index contributed by atoms with van der Waals surface area (Å²) in [5.41, 5.74) is 4.71. The maximum Gasteiger partial charge on any atom is 0.264 e. The summed E-state index contributed by atoms with van der Waals surface area (Å²) in [5.74, 6) is 0.00706. The molecule has 3 aromatic carbocycles. The molecule has 166 valence electrons. The normalized spacial score (nSPS) is 11.3. The van der Waals surface area contributed by atoms with E-state index in [1.807, 2.05) is 38.1 Å². The van der Waals surface area contributed by atoms with Gasteiger partial charge in [0.05, 0.1) is 23.4 Å². The van der Waals surface area contributed by atoms with Crippen molar-refractivity contribution in [1.82, 2.24) is 5.43 Å². The van der Waals surface area contributed by atoms with E-state index in [1.54, 1.807) is 42.5 Å². The summed E-state index contributed by atoms with van der Waals surface area (Å²) in [4.78, 5) is 12.6. The molecular weight excluding hydrogens is 426 g/mol. The molecule has 0 saturated carbocycles. The molecule has 0 aromatic heterocycles. The lowest BCUT2D eigenvalue weighted by Crippen LogP contribution is -2.39. The molecule has 1 amide bonds. The van der Waals surface area contributed by atoms with Crippen LogP contribution >= 0.6 is 0 Å². The van der Waals surface area contributed by atoms with Crippen LogP contribution in [0.4, 0.5) is 5.69 Å². The van der Waals surface area contributed by atoms with Gasteiger partial charge in [0.2, 0.25) is 0 Å². The van der Waals surface area contributed by atoms with Gasteiger partial charge in [-0.1, -0.05) is 48.0 Å². The van der Waals surface area contributed by atoms with E-state index < -0.39 is 22.5 Å². The Morgan fingerprint density at radius 2 is 1.66 bits per heavy atom. The molecule has 0 atom stereocenters. The quantitative estimate of drug-likeness (QED) is 0.397. The molecule has 0 heterocycles. The summed E-state index contributed by atoms with van der Waals surface area (Å²) >= 11 is 0. The fraction of sp³-hybridized carbons (Fsp3) is 0.167. The predicted octanol–water partition coefficient (Wildman–Crippen LogP) is 3.74. The number of benzene rings is 3. The minimum atomic E-state index is -4.00. The summed E-state index contributed by atoms with van der Waals surface area (Å²) in [6, 6.07) is 22.2. The van der Waals surface area contributed by atoms with Gasteiger partial charge in [0.1, 0.15) is 12.3 Å². The van der Waals surface area contributed by atoms with Gasteiger partial charge in [-0.2, -0.15) is 5.10 Å². The number of ether oxygens (including phenoxy) is 1. The lowest BCUT2D eigenvalue weighted by Gasteiger charge is -2.23. The molecule has 32 heavy (non-hydrogen) atoms. The van der Waals surface area contributed by atoms with E-state index in [0.29, 0.717) is 18.0 Å². The van der Waals surface area contributed by atoms with Crippen LogP contribution in [-0.4, -0.2) is 33.7 Å². The van der Waals surface area contributed by atoms with Gasteiger partial charge in [0.25, 0.3) is 15.9 Å². The number of hydrogen-bond donors (Lipinski definition) is 1. The lowest BCUT2D eigenvalue weighted by atomic mass is 10.2. The molecule has 0 fully saturated rings. The SMILES string of the molecule is CCOc1ccc(S(=O)(=O)N(CC(=O)N/N=C\c2ccc(C)cc2)c2ccccc2)cc1. The third-order valence-corrected chi connectivity index (χ3v) is 6.32. The Morgan fingerprint density at radius 1 is 1.00 bits per heavy atom. The zero-order chi connectivity index (χ0) is 23.0. The van der Waals surface area contributed by atoms with Crippen LogP contribution in [0.1, 0.15) is 18.1 Å². The first kappa shape index (κ1) is 23.0. The van der Waals surface area contributed by atoms with Crippen LogP contribution in [-0.2, 0) is 14.8 Å². The molecule has 8 heteroatoms. The van der Waals surface area contributed by atoms with Crippen LogP contribution < -0.4 is 14.5 Å². The van der Waals surface area contributed by atoms with E-state index in [1.165, 1.54) is 18.3 Å². The fourth-order valence-corrected chi connectivity index (χ4v) is 4.33. The van der Waals surface area contributed by atoms with Crippen LogP contribution in [0.2, 0.25) is 0 Å². The zero-order valence-corrected chi connectivity index (χ0v) is 18.7. The molecule has 0 aliphatic carbocycles. The summed E-state index contributed by atoms with van der Waals surface area (Å²) in [6.45, 7) is 3.88. The third-order valence-electron chi connectivity index (χ3n) is 4.53. The molecular formula is C24H25N3O4S. The van der Waals surface area contributed by atoms with Gasteiger partial charge in [-0.05, 0) is 55.8 Å². The number of hydrogen-bond acceptors (Lipinski definition) is 5. The van der Waals surface area contributed by atoms with Crippen molar-refractivity contribution >= 4 is 27.8 Å². The largest absolute Gasteiger partial charge is 0.494 e. The van der Waals surface area contributed by atoms with Crippen molar-refractivity contribution in [3.63, 3.8) is 0 Å². The Kier molecular flexibility index (Phi) is 7.62. The number of nitrogens with one attached hydrogen (secondary N) is 1. The first-order valence-electron chi connectivity index (χ1n) is 10.1. The van der Waals surface area contributed by atoms with Gasteiger partial charge in [-0.15, -0.1) is 0 Å². The first-order chi connectivity index (χ1) is 15.4. The fourth-order valence-electron chi connectivity index (χ4n) is 2.91. The van der Waals surface area contributed by atoms with Gasteiger partial charge in [0.15, 0.2) is 0 Å². The van der Waals surface area contributed by atoms with Gasteiger partial charge in [-0.25, -0.2) is 13.8 Å². The number of aryl methyl sites for hydroxylation is 1. The van der Waals surface area contributed by atoms with E-state index >= 15 is 0 Å². The highest BCUT2D eigenvalue weighted by Crippen LogP contribution is 2.25. The van der Waals surface area contributed by atoms with Crippen LogP contribution in [0.25, 0.3) is 0 Å². The summed E-state index contributed by atoms with van der Waals surface area (Å²) < 4.78 is 33.1. The van der Waals surface area contributed by atoms with Crippen molar-refractivity contribution in [3.05, 3.63) is 90.0 Å². The number of carbonyl (C=O) groups excluding carboxylic acids is 1. The Bertz CT molecular complexity index is 1160. The average Bonchev–Trinajstić information content (AvgIpc) is 2.80. The number of anilines is 1. The van der Waals surface area contributed by atoms with Crippen LogP contribution in [0.5, 0.6) is 5.75 Å². The minimum Gasteiger partial charge on any atom is -0.494 e. The lowest BCUT2D eigenvalue weighted by molar-refractivity contribution is -0.119. The van der Waals surface area contributed by atoms with Gasteiger partial charge in [-0.3, -0.25) is 9.10 Å². The molecule has 3 rings (SSSR count). The number of amides is 1. The molecule has 0 aliphatic rings. The Balaban J connectivity index is 1.79. The van der Waals surface area contributed by atoms with Gasteiger partial charge < -0.3 is 4.74 Å². The maximum absolute atomic E-state index is 13.3. The molecule has 0 radical (unpaired) electrons.